The van der Waals surface area contributed by atoms with Crippen LogP contribution in [0.2, 0.25) is 0 Å². The molecule has 0 amide bonds. The molecule has 14 atom stereocenters. The standard InChI is InChI=1S/C23H46O7.C21H32O2.C11H14O.C9H20O2.CH4/c1-15(2)16(3)8-9-20(27)13-22(29)11-18(25)6-5-7-19(26)12-23(30)14-21(28)10-17(4)24;1-5-7-8-9-10-11-12-13-14-15-17-20(22)19(4)21(23)18(3)16-6-2;1-3-4-5-6-7-8-9-10-11(2)12;1-3-5-6-9(11)7-8(10)4-2;/h5-6,15-30H,7-14H2,1-4H3;6-23H,5H2,1-4H3;3-10H,1-2H3;8-11H,3-7H2,1-2H3;1H4/b6-5+;8-7+,10-9+,12-11+,14-13+,16-6+,17-15+;4-3+,6-5+,8-7+,10-9+;;. The van der Waals surface area contributed by atoms with Gasteiger partial charge in [-0.1, -0.05) is 203 Å². The van der Waals surface area contributed by atoms with Crippen LogP contribution in [0, 0.1) is 23.7 Å². The first kappa shape index (κ1) is 82.2. The van der Waals surface area contributed by atoms with E-state index in [-0.39, 0.29) is 75.8 Å². The number of carbonyl (C=O) groups is 1. The van der Waals surface area contributed by atoms with E-state index in [1.54, 1.807) is 31.2 Å². The third kappa shape index (κ3) is 59.9. The first-order valence-corrected chi connectivity index (χ1v) is 28.2. The lowest BCUT2D eigenvalue weighted by Gasteiger charge is -2.25. The van der Waals surface area contributed by atoms with Crippen molar-refractivity contribution in [2.45, 2.75) is 248 Å². The van der Waals surface area contributed by atoms with Gasteiger partial charge in [0.2, 0.25) is 0 Å². The average Bonchev–Trinajstić information content (AvgIpc) is 3.34. The van der Waals surface area contributed by atoms with Crippen LogP contribution in [-0.2, 0) is 4.79 Å². The van der Waals surface area contributed by atoms with Gasteiger partial charge in [-0.15, -0.1) is 0 Å². The Labute approximate surface area is 469 Å². The number of unbranched alkanes of at least 4 members (excludes halogenated alkanes) is 1. The van der Waals surface area contributed by atoms with Crippen molar-refractivity contribution in [3.05, 3.63) is 134 Å². The molecule has 0 heterocycles. The minimum Gasteiger partial charge on any atom is -0.393 e. The van der Waals surface area contributed by atoms with Crippen LogP contribution < -0.4 is 0 Å². The highest BCUT2D eigenvalue weighted by Gasteiger charge is 2.24. The van der Waals surface area contributed by atoms with Gasteiger partial charge < -0.3 is 56.2 Å². The molecule has 0 rings (SSSR count). The molecule has 0 aliphatic carbocycles. The maximum atomic E-state index is 10.4. The Hall–Kier alpha value is -3.63. The van der Waals surface area contributed by atoms with Crippen LogP contribution in [0.15, 0.2) is 134 Å². The third-order valence-electron chi connectivity index (χ3n) is 12.2. The van der Waals surface area contributed by atoms with Crippen LogP contribution >= 0.6 is 0 Å². The van der Waals surface area contributed by atoms with E-state index in [0.29, 0.717) is 24.7 Å². The van der Waals surface area contributed by atoms with Crippen LogP contribution in [0.4, 0.5) is 0 Å². The van der Waals surface area contributed by atoms with E-state index in [0.717, 1.165) is 38.5 Å². The highest BCUT2D eigenvalue weighted by atomic mass is 16.3. The maximum Gasteiger partial charge on any atom is 0.152 e. The van der Waals surface area contributed by atoms with Crippen LogP contribution in [0.5, 0.6) is 0 Å². The van der Waals surface area contributed by atoms with Gasteiger partial charge in [0.25, 0.3) is 0 Å². The summed E-state index contributed by atoms with van der Waals surface area (Å²) >= 11 is 0. The van der Waals surface area contributed by atoms with E-state index < -0.39 is 54.9 Å². The van der Waals surface area contributed by atoms with E-state index in [4.69, 9.17) is 5.11 Å². The molecular weight excluding hydrogens is 973 g/mol. The number of hydrogen-bond donors (Lipinski definition) is 11. The van der Waals surface area contributed by atoms with Gasteiger partial charge in [-0.2, -0.15) is 0 Å². The van der Waals surface area contributed by atoms with Crippen molar-refractivity contribution in [2.24, 2.45) is 23.7 Å². The number of hydrogen-bond acceptors (Lipinski definition) is 12. The largest absolute Gasteiger partial charge is 0.393 e. The topological polar surface area (TPSA) is 240 Å². The van der Waals surface area contributed by atoms with Crippen LogP contribution in [0.25, 0.3) is 0 Å². The highest BCUT2D eigenvalue weighted by molar-refractivity contribution is 5.87. The summed E-state index contributed by atoms with van der Waals surface area (Å²) in [6.07, 6.45) is 41.3. The number of ketones is 1. The lowest BCUT2D eigenvalue weighted by molar-refractivity contribution is -0.112. The fourth-order valence-corrected chi connectivity index (χ4v) is 7.03. The zero-order chi connectivity index (χ0) is 58.7. The molecule has 0 fully saturated rings. The fourth-order valence-electron chi connectivity index (χ4n) is 7.03. The normalized spacial score (nSPS) is 18.1. The number of aliphatic hydroxyl groups excluding tert-OH is 11. The van der Waals surface area contributed by atoms with Gasteiger partial charge in [-0.25, -0.2) is 0 Å². The molecule has 0 aliphatic rings. The molecule has 11 N–H and O–H groups in total. The monoisotopic (exact) mass is 1090 g/mol. The van der Waals surface area contributed by atoms with Crippen LogP contribution in [0.1, 0.15) is 180 Å². The molecule has 448 valence electrons. The fraction of sp³-hybridized carbons (Fsp3) is 0.646. The number of aliphatic hydroxyl groups is 11. The number of rotatable bonds is 37. The lowest BCUT2D eigenvalue weighted by Crippen LogP contribution is -2.32. The van der Waals surface area contributed by atoms with Crippen molar-refractivity contribution >= 4 is 5.78 Å². The van der Waals surface area contributed by atoms with Crippen molar-refractivity contribution in [1.82, 2.24) is 0 Å². The summed E-state index contributed by atoms with van der Waals surface area (Å²) < 4.78 is 0. The zero-order valence-electron chi connectivity index (χ0n) is 49.1. The van der Waals surface area contributed by atoms with E-state index in [9.17, 15) is 55.9 Å². The minimum absolute atomic E-state index is 0. The van der Waals surface area contributed by atoms with Crippen molar-refractivity contribution in [1.29, 1.82) is 0 Å². The third-order valence-corrected chi connectivity index (χ3v) is 12.2. The molecule has 0 radical (unpaired) electrons. The van der Waals surface area contributed by atoms with Gasteiger partial charge in [0.05, 0.1) is 67.1 Å². The number of carbonyl (C=O) groups excluding carboxylic acids is 1. The van der Waals surface area contributed by atoms with Gasteiger partial charge in [0.15, 0.2) is 5.78 Å². The van der Waals surface area contributed by atoms with Gasteiger partial charge in [-0.05, 0) is 116 Å². The molecule has 0 aliphatic heterocycles. The zero-order valence-corrected chi connectivity index (χ0v) is 49.1. The van der Waals surface area contributed by atoms with Gasteiger partial charge in [-0.3, -0.25) is 4.79 Å². The Balaban J connectivity index is -0.000000323. The summed E-state index contributed by atoms with van der Waals surface area (Å²) in [7, 11) is 0. The second-order valence-corrected chi connectivity index (χ2v) is 20.3. The molecule has 0 aromatic rings. The Morgan fingerprint density at radius 1 is 0.468 bits per heavy atom. The quantitative estimate of drug-likeness (QED) is 0.0158. The molecular formula is C65H116O12. The summed E-state index contributed by atoms with van der Waals surface area (Å²) in [5, 5.41) is 108. The van der Waals surface area contributed by atoms with Crippen LogP contribution in [0.3, 0.4) is 0 Å². The molecule has 0 spiro atoms. The Morgan fingerprint density at radius 3 is 1.45 bits per heavy atom. The van der Waals surface area contributed by atoms with Gasteiger partial charge in [0.1, 0.15) is 0 Å². The highest BCUT2D eigenvalue weighted by Crippen LogP contribution is 2.21. The molecule has 12 heteroatoms. The first-order valence-electron chi connectivity index (χ1n) is 28.2. The summed E-state index contributed by atoms with van der Waals surface area (Å²) in [5.41, 5.74) is 0. The second kappa shape index (κ2) is 57.1. The summed E-state index contributed by atoms with van der Waals surface area (Å²) in [6, 6.07) is 0. The predicted octanol–water partition coefficient (Wildman–Crippen LogP) is 11.4. The van der Waals surface area contributed by atoms with E-state index in [2.05, 4.69) is 40.7 Å². The van der Waals surface area contributed by atoms with E-state index in [1.807, 2.05) is 126 Å². The maximum absolute atomic E-state index is 10.4. The lowest BCUT2D eigenvalue weighted by atomic mass is 9.89. The summed E-state index contributed by atoms with van der Waals surface area (Å²) in [5.74, 6) is 0.952. The van der Waals surface area contributed by atoms with Gasteiger partial charge >= 0.3 is 0 Å². The molecule has 12 nitrogen and oxygen atoms in total. The van der Waals surface area contributed by atoms with Crippen molar-refractivity contribution in [3.8, 4) is 0 Å². The minimum atomic E-state index is -0.883. The predicted molar refractivity (Wildman–Crippen MR) is 325 cm³/mol. The van der Waals surface area contributed by atoms with Gasteiger partial charge in [0, 0.05) is 18.3 Å². The molecule has 0 bridgehead atoms. The molecule has 0 saturated heterocycles. The first-order chi connectivity index (χ1) is 35.9. The molecule has 0 saturated carbocycles. The summed E-state index contributed by atoms with van der Waals surface area (Å²) in [4.78, 5) is 10.4. The molecule has 14 unspecified atom stereocenters. The molecule has 0 aromatic carbocycles. The van der Waals surface area contributed by atoms with E-state index >= 15 is 0 Å². The summed E-state index contributed by atoms with van der Waals surface area (Å²) in [6.45, 7) is 23.4. The van der Waals surface area contributed by atoms with Crippen molar-refractivity contribution in [2.75, 3.05) is 0 Å². The second-order valence-electron chi connectivity index (χ2n) is 20.3. The average molecular weight is 1090 g/mol. The van der Waals surface area contributed by atoms with Crippen LogP contribution in [-0.4, -0.2) is 129 Å². The molecule has 77 heavy (non-hydrogen) atoms. The number of allylic oxidation sites excluding steroid dienone is 18. The Morgan fingerprint density at radius 2 is 0.948 bits per heavy atom. The SMILES string of the molecule is C.C/C=C/C(C)C(O)C(C)C(O)/C=C/C=C/C=C/C=C/C=C/CC.C/C=C/C=C/C=C/C=C/C(C)=O.CC(O)CC(O)CC(O)CC(O)C/C=C/C(O)CC(O)CC(O)CCC(C)C(C)C.CCCCC(O)CC(O)CC. The Kier molecular flexibility index (Phi) is 60.9. The smallest absolute Gasteiger partial charge is 0.152 e. The van der Waals surface area contributed by atoms with Crippen molar-refractivity contribution in [3.63, 3.8) is 0 Å². The van der Waals surface area contributed by atoms with E-state index in [1.165, 1.54) is 19.1 Å². The Bertz CT molecular complexity index is 1650. The molecule has 0 aromatic heterocycles. The van der Waals surface area contributed by atoms with Crippen molar-refractivity contribution < 1.29 is 61.0 Å².